The highest BCUT2D eigenvalue weighted by Gasteiger charge is 2.15. The zero-order valence-electron chi connectivity index (χ0n) is 13.8. The van der Waals surface area contributed by atoms with Gasteiger partial charge >= 0.3 is 0 Å². The fourth-order valence-corrected chi connectivity index (χ4v) is 2.31. The van der Waals surface area contributed by atoms with Crippen LogP contribution in [0.5, 0.6) is 5.75 Å². The van der Waals surface area contributed by atoms with Crippen LogP contribution in [0.1, 0.15) is 51.5 Å². The van der Waals surface area contributed by atoms with Crippen molar-refractivity contribution in [1.29, 1.82) is 0 Å². The van der Waals surface area contributed by atoms with E-state index in [-0.39, 0.29) is 11.9 Å². The lowest BCUT2D eigenvalue weighted by atomic mass is 9.97. The Bertz CT molecular complexity index is 461. The van der Waals surface area contributed by atoms with Gasteiger partial charge in [0.15, 0.2) is 0 Å². The van der Waals surface area contributed by atoms with Crippen molar-refractivity contribution in [3.8, 4) is 5.75 Å². The molecule has 1 aromatic carbocycles. The summed E-state index contributed by atoms with van der Waals surface area (Å²) < 4.78 is 18.1. The number of aliphatic hydroxyl groups is 1. The molecule has 1 saturated carbocycles. The van der Waals surface area contributed by atoms with Gasteiger partial charge in [-0.3, -0.25) is 4.79 Å². The van der Waals surface area contributed by atoms with Gasteiger partial charge in [-0.25, -0.2) is 4.39 Å². The summed E-state index contributed by atoms with van der Waals surface area (Å²) in [6.07, 6.45) is 4.26. The number of hydrogen-bond donors (Lipinski definition) is 1. The van der Waals surface area contributed by atoms with E-state index in [1.807, 2.05) is 0 Å². The summed E-state index contributed by atoms with van der Waals surface area (Å²) in [5, 5.41) is 8.87. The van der Waals surface area contributed by atoms with Crippen molar-refractivity contribution in [1.82, 2.24) is 0 Å². The van der Waals surface area contributed by atoms with E-state index in [0.717, 1.165) is 24.2 Å². The quantitative estimate of drug-likeness (QED) is 0.917. The van der Waals surface area contributed by atoms with Gasteiger partial charge in [-0.15, -0.1) is 0 Å². The van der Waals surface area contributed by atoms with E-state index in [0.29, 0.717) is 37.4 Å². The molecule has 1 N–H and O–H groups in total. The third kappa shape index (κ3) is 7.03. The molecule has 0 radical (unpaired) electrons. The number of ketones is 1. The monoisotopic (exact) mass is 310 g/mol. The van der Waals surface area contributed by atoms with Crippen LogP contribution >= 0.6 is 0 Å². The molecule has 0 heterocycles. The second-order valence-corrected chi connectivity index (χ2v) is 6.16. The van der Waals surface area contributed by atoms with E-state index in [4.69, 9.17) is 9.84 Å². The number of aliphatic hydroxyl groups excluding tert-OH is 1. The predicted octanol–water partition coefficient (Wildman–Crippen LogP) is 3.91. The normalized spacial score (nSPS) is 15.5. The van der Waals surface area contributed by atoms with E-state index in [1.54, 1.807) is 19.2 Å². The maximum atomic E-state index is 13.0. The average Bonchev–Trinajstić information content (AvgIpc) is 2.49. The number of ether oxygens (including phenoxy) is 1. The van der Waals surface area contributed by atoms with Crippen LogP contribution in [0.15, 0.2) is 18.2 Å². The lowest BCUT2D eigenvalue weighted by Crippen LogP contribution is -2.17. The third-order valence-electron chi connectivity index (χ3n) is 3.75. The number of aryl methyl sites for hydroxylation is 1. The Morgan fingerprint density at radius 3 is 2.45 bits per heavy atom. The smallest absolute Gasteiger partial charge is 0.133 e. The molecule has 1 aromatic rings. The zero-order chi connectivity index (χ0) is 16.5. The molecule has 0 unspecified atom stereocenters. The molecular formula is C18H27FO3. The maximum absolute atomic E-state index is 13.0. The van der Waals surface area contributed by atoms with E-state index >= 15 is 0 Å². The number of methoxy groups -OCH3 is 1. The molecule has 0 amide bonds. The molecule has 0 saturated heterocycles. The Morgan fingerprint density at radius 2 is 1.95 bits per heavy atom. The number of Topliss-reactive ketones (excluding diaryl/α,β-unsaturated/α-hetero) is 1. The Balaban J connectivity index is 0.000000255. The second kappa shape index (κ2) is 9.57. The fraction of sp³-hybridized carbons (Fsp3) is 0.611. The Labute approximate surface area is 132 Å². The fourth-order valence-electron chi connectivity index (χ4n) is 2.31. The molecular weight excluding hydrogens is 283 g/mol. The number of hydrogen-bond acceptors (Lipinski definition) is 3. The minimum absolute atomic E-state index is 0.190. The molecule has 3 nitrogen and oxygen atoms in total. The first-order valence-corrected chi connectivity index (χ1v) is 7.94. The van der Waals surface area contributed by atoms with Gasteiger partial charge in [-0.2, -0.15) is 0 Å². The van der Waals surface area contributed by atoms with Crippen molar-refractivity contribution in [2.24, 2.45) is 5.92 Å². The molecule has 0 aromatic heterocycles. The first kappa shape index (κ1) is 18.6. The van der Waals surface area contributed by atoms with Crippen molar-refractivity contribution < 1.29 is 19.0 Å². The van der Waals surface area contributed by atoms with E-state index < -0.39 is 0 Å². The molecule has 0 spiro atoms. The SMILES string of the molecule is COc1ccc(F)cc1CCC(C)C.O=C1CCC(O)CC1. The van der Waals surface area contributed by atoms with Crippen LogP contribution in [0.2, 0.25) is 0 Å². The highest BCUT2D eigenvalue weighted by atomic mass is 19.1. The molecule has 22 heavy (non-hydrogen) atoms. The standard InChI is InChI=1S/C12H17FO.C6H10O2/c1-9(2)4-5-10-8-11(13)6-7-12(10)14-3;7-5-1-2-6(8)4-3-5/h6-9H,4-5H2,1-3H3;5,7H,1-4H2. The van der Waals surface area contributed by atoms with Gasteiger partial charge < -0.3 is 9.84 Å². The molecule has 4 heteroatoms. The number of halogens is 1. The van der Waals surface area contributed by atoms with Crippen LogP contribution in [0.3, 0.4) is 0 Å². The lowest BCUT2D eigenvalue weighted by molar-refractivity contribution is -0.122. The summed E-state index contributed by atoms with van der Waals surface area (Å²) >= 11 is 0. The highest BCUT2D eigenvalue weighted by Crippen LogP contribution is 2.22. The van der Waals surface area contributed by atoms with Crippen molar-refractivity contribution in [2.75, 3.05) is 7.11 Å². The first-order valence-electron chi connectivity index (χ1n) is 7.94. The van der Waals surface area contributed by atoms with Crippen LogP contribution in [0.4, 0.5) is 4.39 Å². The van der Waals surface area contributed by atoms with Gasteiger partial charge in [0.2, 0.25) is 0 Å². The maximum Gasteiger partial charge on any atom is 0.133 e. The second-order valence-electron chi connectivity index (χ2n) is 6.16. The van der Waals surface area contributed by atoms with Crippen LogP contribution in [-0.2, 0) is 11.2 Å². The summed E-state index contributed by atoms with van der Waals surface area (Å²) in [5.41, 5.74) is 0.959. The Kier molecular flexibility index (Phi) is 8.10. The largest absolute Gasteiger partial charge is 0.496 e. The highest BCUT2D eigenvalue weighted by molar-refractivity contribution is 5.79. The third-order valence-corrected chi connectivity index (χ3v) is 3.75. The van der Waals surface area contributed by atoms with Gasteiger partial charge in [0, 0.05) is 12.8 Å². The molecule has 0 atom stereocenters. The summed E-state index contributed by atoms with van der Waals surface area (Å²) in [7, 11) is 1.62. The Hall–Kier alpha value is -1.42. The first-order chi connectivity index (χ1) is 10.4. The van der Waals surface area contributed by atoms with Crippen molar-refractivity contribution >= 4 is 5.78 Å². The molecule has 0 bridgehead atoms. The molecule has 1 aliphatic rings. The lowest BCUT2D eigenvalue weighted by Gasteiger charge is -2.13. The van der Waals surface area contributed by atoms with Gasteiger partial charge in [0.25, 0.3) is 0 Å². The predicted molar refractivity (Wildman–Crippen MR) is 85.6 cm³/mol. The minimum Gasteiger partial charge on any atom is -0.496 e. The zero-order valence-corrected chi connectivity index (χ0v) is 13.8. The molecule has 124 valence electrons. The summed E-state index contributed by atoms with van der Waals surface area (Å²) in [5.74, 6) is 1.52. The van der Waals surface area contributed by atoms with Crippen molar-refractivity contribution in [2.45, 2.75) is 58.5 Å². The summed E-state index contributed by atoms with van der Waals surface area (Å²) in [6, 6.07) is 4.67. The molecule has 2 rings (SSSR count). The van der Waals surface area contributed by atoms with E-state index in [1.165, 1.54) is 6.07 Å². The van der Waals surface area contributed by atoms with E-state index in [9.17, 15) is 9.18 Å². The van der Waals surface area contributed by atoms with Gasteiger partial charge in [0.05, 0.1) is 13.2 Å². The van der Waals surface area contributed by atoms with Gasteiger partial charge in [0.1, 0.15) is 17.3 Å². The van der Waals surface area contributed by atoms with Crippen LogP contribution < -0.4 is 4.74 Å². The van der Waals surface area contributed by atoms with Crippen molar-refractivity contribution in [3.63, 3.8) is 0 Å². The number of carbonyl (C=O) groups excluding carboxylic acids is 1. The average molecular weight is 310 g/mol. The topological polar surface area (TPSA) is 46.5 Å². The summed E-state index contributed by atoms with van der Waals surface area (Å²) in [6.45, 7) is 4.32. The molecule has 0 aliphatic heterocycles. The van der Waals surface area contributed by atoms with Gasteiger partial charge in [-0.1, -0.05) is 13.8 Å². The van der Waals surface area contributed by atoms with Crippen LogP contribution in [-0.4, -0.2) is 24.1 Å². The van der Waals surface area contributed by atoms with Crippen molar-refractivity contribution in [3.05, 3.63) is 29.6 Å². The molecule has 1 fully saturated rings. The minimum atomic E-state index is -0.201. The van der Waals surface area contributed by atoms with Crippen LogP contribution in [0.25, 0.3) is 0 Å². The van der Waals surface area contributed by atoms with Gasteiger partial charge in [-0.05, 0) is 55.4 Å². The number of rotatable bonds is 4. The van der Waals surface area contributed by atoms with Crippen LogP contribution in [0, 0.1) is 11.7 Å². The summed E-state index contributed by atoms with van der Waals surface area (Å²) in [4.78, 5) is 10.5. The van der Waals surface area contributed by atoms with E-state index in [2.05, 4.69) is 13.8 Å². The number of benzene rings is 1. The molecule has 1 aliphatic carbocycles. The Morgan fingerprint density at radius 1 is 1.32 bits per heavy atom. The number of carbonyl (C=O) groups is 1.